The largest absolute Gasteiger partial charge is 0.477 e. The van der Waals surface area contributed by atoms with Gasteiger partial charge in [0.25, 0.3) is 11.8 Å². The Balaban J connectivity index is 1.36. The van der Waals surface area contributed by atoms with E-state index in [4.69, 9.17) is 0 Å². The summed E-state index contributed by atoms with van der Waals surface area (Å²) in [5, 5.41) is 34.4. The first-order chi connectivity index (χ1) is 22.1. The minimum Gasteiger partial charge on any atom is -0.477 e. The number of sulfonamides is 1. The van der Waals surface area contributed by atoms with Gasteiger partial charge in [-0.3, -0.25) is 28.6 Å². The fourth-order valence-corrected chi connectivity index (χ4v) is 8.51. The van der Waals surface area contributed by atoms with Crippen LogP contribution in [0.3, 0.4) is 0 Å². The molecule has 5 rings (SSSR count). The molecular weight excluding hydrogens is 711 g/mol. The Labute approximate surface area is 274 Å². The van der Waals surface area contributed by atoms with Crippen molar-refractivity contribution in [3.8, 4) is 0 Å². The van der Waals surface area contributed by atoms with Gasteiger partial charge >= 0.3 is 29.2 Å². The molecule has 22 nitrogen and oxygen atoms in total. The van der Waals surface area contributed by atoms with E-state index >= 15 is 0 Å². The highest BCUT2D eigenvalue weighted by atomic mass is 32.2. The lowest BCUT2D eigenvalue weighted by Gasteiger charge is -2.56. The summed E-state index contributed by atoms with van der Waals surface area (Å²) in [4.78, 5) is 89.8. The van der Waals surface area contributed by atoms with Crippen LogP contribution in [0.4, 0.5) is 9.59 Å². The number of aliphatic carboxylic acids is 1. The number of hydrogen-bond donors (Lipinski definition) is 6. The van der Waals surface area contributed by atoms with Crippen LogP contribution in [0, 0.1) is 0 Å². The highest BCUT2D eigenvalue weighted by molar-refractivity contribution is 8.01. The van der Waals surface area contributed by atoms with Crippen molar-refractivity contribution in [3.63, 3.8) is 0 Å². The first-order valence-electron chi connectivity index (χ1n) is 12.9. The normalized spacial score (nSPS) is 21.8. The molecule has 1 unspecified atom stereocenters. The van der Waals surface area contributed by atoms with Crippen LogP contribution in [0.2, 0.25) is 0 Å². The SMILES string of the molecule is Cn1c(SCC2=C(C(=O)O)N3C(=O)[C@@](NO)(NC(=O)C(NC(=O)N4CCN(S(C)(=O)=O)C4=O)c4csnn4)[C@@H]3SC2)n[nH]c(=O)c1=O. The molecule has 0 spiro atoms. The number of carbonyl (C=O) groups excluding carboxylic acids is 4. The van der Waals surface area contributed by atoms with Gasteiger partial charge in [-0.15, -0.1) is 22.0 Å². The van der Waals surface area contributed by atoms with Gasteiger partial charge in [0.15, 0.2) is 11.2 Å². The number of carbonyl (C=O) groups is 5. The molecule has 3 aliphatic rings. The summed E-state index contributed by atoms with van der Waals surface area (Å²) in [5.41, 5.74) is -2.71. The summed E-state index contributed by atoms with van der Waals surface area (Å²) in [7, 11) is -2.68. The number of β-lactam (4-membered cyclic amide) rings is 1. The number of hydroxylamine groups is 1. The lowest BCUT2D eigenvalue weighted by molar-refractivity contribution is -0.171. The molecule has 2 fully saturated rings. The van der Waals surface area contributed by atoms with Crippen molar-refractivity contribution >= 4 is 74.9 Å². The summed E-state index contributed by atoms with van der Waals surface area (Å²) in [6.07, 6.45) is 0.785. The summed E-state index contributed by atoms with van der Waals surface area (Å²) >= 11 is 2.69. The van der Waals surface area contributed by atoms with E-state index in [1.54, 1.807) is 5.48 Å². The third-order valence-electron chi connectivity index (χ3n) is 7.09. The third kappa shape index (κ3) is 5.97. The molecular formula is C21H23N11O11S4. The number of hydrogen-bond acceptors (Lipinski definition) is 17. The maximum absolute atomic E-state index is 13.6. The Kier molecular flexibility index (Phi) is 9.16. The smallest absolute Gasteiger partial charge is 0.352 e. The number of nitrogens with zero attached hydrogens (tertiary/aromatic N) is 7. The zero-order valence-electron chi connectivity index (χ0n) is 23.9. The summed E-state index contributed by atoms with van der Waals surface area (Å²) in [6, 6.07) is -4.03. The Hall–Kier alpha value is -4.37. The molecule has 2 aromatic heterocycles. The number of aromatic nitrogens is 5. The molecule has 0 aromatic carbocycles. The van der Waals surface area contributed by atoms with E-state index in [2.05, 4.69) is 25.3 Å². The van der Waals surface area contributed by atoms with E-state index in [0.717, 1.165) is 50.8 Å². The van der Waals surface area contributed by atoms with Crippen molar-refractivity contribution in [2.45, 2.75) is 22.2 Å². The second-order valence-electron chi connectivity index (χ2n) is 9.97. The standard InChI is InChI=1S/C21H23N11O11S4/c1-29-14(35)13(34)25-26-19(29)45-6-8-5-44-17-21(27-41,16(38)32(17)11(8)15(36)37)23-12(33)10(9-7-46-28-24-9)22-18(39)30-3-4-31(20(30)40)47(2,42)43/h7,10,17,27,41H,3-6H2,1-2H3,(H,22,39)(H,23,33)(H,25,34)(H,36,37)/t10?,17-,21-/m0/s1. The number of fused-ring (bicyclic) bond motifs is 1. The molecule has 0 radical (unpaired) electrons. The van der Waals surface area contributed by atoms with Gasteiger partial charge in [-0.1, -0.05) is 16.3 Å². The number of imide groups is 1. The summed E-state index contributed by atoms with van der Waals surface area (Å²) < 4.78 is 28.8. The van der Waals surface area contributed by atoms with Crippen LogP contribution < -0.4 is 27.2 Å². The molecule has 0 bridgehead atoms. The maximum atomic E-state index is 13.6. The van der Waals surface area contributed by atoms with Crippen LogP contribution in [-0.4, -0.2) is 129 Å². The van der Waals surface area contributed by atoms with Crippen LogP contribution in [0.15, 0.2) is 31.4 Å². The van der Waals surface area contributed by atoms with Crippen molar-refractivity contribution < 1.29 is 42.7 Å². The van der Waals surface area contributed by atoms with Crippen molar-refractivity contribution in [3.05, 3.63) is 43.1 Å². The van der Waals surface area contributed by atoms with E-state index in [9.17, 15) is 52.3 Å². The third-order valence-corrected chi connectivity index (χ3v) is 11.3. The molecule has 26 heteroatoms. The molecule has 252 valence electrons. The molecule has 0 aliphatic carbocycles. The zero-order chi connectivity index (χ0) is 34.4. The second-order valence-corrected chi connectivity index (χ2v) is 14.5. The van der Waals surface area contributed by atoms with Crippen LogP contribution >= 0.6 is 35.1 Å². The van der Waals surface area contributed by atoms with Gasteiger partial charge in [-0.05, 0) is 17.1 Å². The van der Waals surface area contributed by atoms with Gasteiger partial charge in [0, 0.05) is 23.9 Å². The topological polar surface area (TPSA) is 299 Å². The lowest BCUT2D eigenvalue weighted by Crippen LogP contribution is -2.85. The maximum Gasteiger partial charge on any atom is 0.352 e. The zero-order valence-corrected chi connectivity index (χ0v) is 27.2. The molecule has 5 heterocycles. The minimum atomic E-state index is -3.98. The Morgan fingerprint density at radius 3 is 2.55 bits per heavy atom. The van der Waals surface area contributed by atoms with Crippen LogP contribution in [0.1, 0.15) is 11.7 Å². The fourth-order valence-electron chi connectivity index (χ4n) is 4.77. The Bertz CT molecular complexity index is 1930. The van der Waals surface area contributed by atoms with Gasteiger partial charge in [-0.25, -0.2) is 37.1 Å². The Morgan fingerprint density at radius 1 is 1.23 bits per heavy atom. The van der Waals surface area contributed by atoms with Gasteiger partial charge in [-0.2, -0.15) is 5.48 Å². The van der Waals surface area contributed by atoms with Gasteiger partial charge in [0.1, 0.15) is 16.8 Å². The highest BCUT2D eigenvalue weighted by Crippen LogP contribution is 2.45. The predicted octanol–water partition coefficient (Wildman–Crippen LogP) is -3.39. The molecule has 2 aromatic rings. The number of amides is 6. The predicted molar refractivity (Wildman–Crippen MR) is 159 cm³/mol. The molecule has 2 saturated heterocycles. The molecule has 3 atom stereocenters. The van der Waals surface area contributed by atoms with E-state index in [0.29, 0.717) is 9.21 Å². The molecule has 3 aliphatic heterocycles. The number of carboxylic acid groups (broad SMARTS) is 1. The number of H-pyrrole nitrogens is 1. The summed E-state index contributed by atoms with van der Waals surface area (Å²) in [5.74, 6) is -3.80. The first kappa shape index (κ1) is 34.0. The molecule has 47 heavy (non-hydrogen) atoms. The fraction of sp³-hybridized carbons (Fsp3) is 0.429. The van der Waals surface area contributed by atoms with Crippen molar-refractivity contribution in [2.75, 3.05) is 30.9 Å². The number of rotatable bonds is 10. The van der Waals surface area contributed by atoms with E-state index < -0.39 is 73.8 Å². The summed E-state index contributed by atoms with van der Waals surface area (Å²) in [6.45, 7) is -0.643. The second kappa shape index (κ2) is 12.7. The molecule has 6 amide bonds. The number of aromatic amines is 1. The quantitative estimate of drug-likeness (QED) is 0.0456. The van der Waals surface area contributed by atoms with Crippen molar-refractivity contribution in [1.82, 2.24) is 54.6 Å². The van der Waals surface area contributed by atoms with Crippen LogP contribution in [-0.2, 0) is 31.5 Å². The minimum absolute atomic E-state index is 0.0240. The lowest BCUT2D eigenvalue weighted by atomic mass is 9.95. The van der Waals surface area contributed by atoms with Gasteiger partial charge < -0.3 is 20.9 Å². The first-order valence-corrected chi connectivity index (χ1v) is 17.6. The molecule has 0 saturated carbocycles. The van der Waals surface area contributed by atoms with E-state index in [1.165, 1.54) is 12.4 Å². The van der Waals surface area contributed by atoms with Gasteiger partial charge in [0.2, 0.25) is 15.7 Å². The highest BCUT2D eigenvalue weighted by Gasteiger charge is 2.66. The van der Waals surface area contributed by atoms with E-state index in [1.807, 2.05) is 5.10 Å². The van der Waals surface area contributed by atoms with Crippen molar-refractivity contribution in [1.29, 1.82) is 0 Å². The van der Waals surface area contributed by atoms with Crippen molar-refractivity contribution in [2.24, 2.45) is 7.05 Å². The number of nitrogens with one attached hydrogen (secondary N) is 4. The average Bonchev–Trinajstić information content (AvgIpc) is 3.70. The monoisotopic (exact) mass is 733 g/mol. The molecule has 6 N–H and O–H groups in total. The van der Waals surface area contributed by atoms with Gasteiger partial charge in [0.05, 0.1) is 19.3 Å². The number of carboxylic acids is 1. The van der Waals surface area contributed by atoms with Crippen LogP contribution in [0.25, 0.3) is 0 Å². The van der Waals surface area contributed by atoms with Crippen LogP contribution in [0.5, 0.6) is 0 Å². The average molecular weight is 734 g/mol. The Morgan fingerprint density at radius 2 is 1.96 bits per heavy atom. The van der Waals surface area contributed by atoms with E-state index in [-0.39, 0.29) is 41.0 Å². The number of thioether (sulfide) groups is 2. The number of urea groups is 2.